The molecule has 1 aliphatic heterocycles. The maximum absolute atomic E-state index is 12.5. The Bertz CT molecular complexity index is 854. The van der Waals surface area contributed by atoms with Gasteiger partial charge >= 0.3 is 0 Å². The van der Waals surface area contributed by atoms with Gasteiger partial charge in [-0.25, -0.2) is 8.42 Å². The minimum atomic E-state index is -3.67. The number of carbonyl (C=O) groups excluding carboxylic acids is 1. The molecule has 3 N–H and O–H groups in total. The van der Waals surface area contributed by atoms with E-state index in [4.69, 9.17) is 0 Å². The predicted molar refractivity (Wildman–Crippen MR) is 108 cm³/mol. The smallest absolute Gasteiger partial charge is 0.261 e. The highest BCUT2D eigenvalue weighted by Gasteiger charge is 2.21. The van der Waals surface area contributed by atoms with E-state index < -0.39 is 10.0 Å². The van der Waals surface area contributed by atoms with E-state index in [2.05, 4.69) is 15.4 Å². The van der Waals surface area contributed by atoms with Crippen LogP contribution in [0.1, 0.15) is 24.8 Å². The molecule has 1 atom stereocenters. The van der Waals surface area contributed by atoms with Crippen molar-refractivity contribution in [1.29, 1.82) is 0 Å². The lowest BCUT2D eigenvalue weighted by Gasteiger charge is -2.22. The first-order chi connectivity index (χ1) is 12.6. The first kappa shape index (κ1) is 21.2. The number of halogens is 1. The molecule has 0 spiro atoms. The Morgan fingerprint density at radius 1 is 1.04 bits per heavy atom. The fourth-order valence-corrected chi connectivity index (χ4v) is 4.08. The number of hydrogen-bond donors (Lipinski definition) is 3. The maximum Gasteiger partial charge on any atom is 0.261 e. The van der Waals surface area contributed by atoms with Crippen LogP contribution >= 0.6 is 12.4 Å². The van der Waals surface area contributed by atoms with Gasteiger partial charge in [0.25, 0.3) is 10.0 Å². The minimum absolute atomic E-state index is 0. The maximum atomic E-state index is 12.5. The molecule has 0 aromatic heterocycles. The normalized spacial score (nSPS) is 16.8. The van der Waals surface area contributed by atoms with E-state index in [9.17, 15) is 13.2 Å². The van der Waals surface area contributed by atoms with E-state index in [0.29, 0.717) is 5.69 Å². The molecular weight excluding hydrogens is 386 g/mol. The summed E-state index contributed by atoms with van der Waals surface area (Å²) in [7, 11) is -3.67. The van der Waals surface area contributed by atoms with Gasteiger partial charge in [-0.05, 0) is 43.1 Å². The molecule has 1 aliphatic rings. The number of anilines is 1. The molecule has 1 saturated heterocycles. The molecule has 0 bridgehead atoms. The number of carbonyl (C=O) groups is 1. The van der Waals surface area contributed by atoms with Crippen LogP contribution in [0.15, 0.2) is 59.5 Å². The number of rotatable bonds is 6. The molecule has 6 nitrogen and oxygen atoms in total. The van der Waals surface area contributed by atoms with Crippen LogP contribution < -0.4 is 15.4 Å². The van der Waals surface area contributed by atoms with Gasteiger partial charge in [0.15, 0.2) is 0 Å². The number of hydrogen-bond acceptors (Lipinski definition) is 4. The third-order valence-electron chi connectivity index (χ3n) is 4.40. The minimum Gasteiger partial charge on any atom is -0.351 e. The second-order valence-corrected chi connectivity index (χ2v) is 7.98. The standard InChI is InChI=1S/C19H23N3O3S.ClH/c23-19(18-12-6-7-13-20-18)21-14-15-8-4-5-11-17(15)22-26(24,25)16-9-2-1-3-10-16;/h1-5,8-11,18,20,22H,6-7,12-14H2,(H,21,23);1H. The zero-order valence-corrected chi connectivity index (χ0v) is 16.5. The largest absolute Gasteiger partial charge is 0.351 e. The van der Waals surface area contributed by atoms with E-state index in [-0.39, 0.29) is 35.8 Å². The van der Waals surface area contributed by atoms with Gasteiger partial charge in [0, 0.05) is 6.54 Å². The van der Waals surface area contributed by atoms with Crippen LogP contribution in [0.25, 0.3) is 0 Å². The zero-order valence-electron chi connectivity index (χ0n) is 14.9. The molecule has 146 valence electrons. The molecule has 1 unspecified atom stereocenters. The molecule has 3 rings (SSSR count). The Morgan fingerprint density at radius 2 is 1.74 bits per heavy atom. The van der Waals surface area contributed by atoms with Crippen LogP contribution in [0.3, 0.4) is 0 Å². The van der Waals surface area contributed by atoms with Crippen LogP contribution in [0.4, 0.5) is 5.69 Å². The number of piperidine rings is 1. The fraction of sp³-hybridized carbons (Fsp3) is 0.316. The molecule has 0 saturated carbocycles. The van der Waals surface area contributed by atoms with Crippen LogP contribution in [-0.4, -0.2) is 26.9 Å². The molecule has 1 fully saturated rings. The summed E-state index contributed by atoms with van der Waals surface area (Å²) in [5, 5.41) is 6.10. The molecule has 2 aromatic carbocycles. The summed E-state index contributed by atoms with van der Waals surface area (Å²) in [6.45, 7) is 1.12. The first-order valence-electron chi connectivity index (χ1n) is 8.73. The lowest BCUT2D eigenvalue weighted by atomic mass is 10.0. The first-order valence-corrected chi connectivity index (χ1v) is 10.2. The Balaban J connectivity index is 0.00000261. The Morgan fingerprint density at radius 3 is 2.44 bits per heavy atom. The molecule has 27 heavy (non-hydrogen) atoms. The highest BCUT2D eigenvalue weighted by molar-refractivity contribution is 7.92. The van der Waals surface area contributed by atoms with Crippen molar-refractivity contribution < 1.29 is 13.2 Å². The van der Waals surface area contributed by atoms with E-state index >= 15 is 0 Å². The molecule has 1 amide bonds. The van der Waals surface area contributed by atoms with E-state index in [1.807, 2.05) is 6.07 Å². The Labute approximate surface area is 166 Å². The van der Waals surface area contributed by atoms with Crippen molar-refractivity contribution in [2.75, 3.05) is 11.3 Å². The van der Waals surface area contributed by atoms with Gasteiger partial charge in [0.1, 0.15) is 0 Å². The number of para-hydroxylation sites is 1. The summed E-state index contributed by atoms with van der Waals surface area (Å²) in [5.41, 5.74) is 1.18. The van der Waals surface area contributed by atoms with Crippen molar-refractivity contribution >= 4 is 34.0 Å². The van der Waals surface area contributed by atoms with Crippen molar-refractivity contribution in [3.05, 3.63) is 60.2 Å². The predicted octanol–water partition coefficient (Wildman–Crippen LogP) is 2.67. The van der Waals surface area contributed by atoms with Gasteiger partial charge in [-0.3, -0.25) is 9.52 Å². The second-order valence-electron chi connectivity index (χ2n) is 6.30. The van der Waals surface area contributed by atoms with E-state index in [1.54, 1.807) is 48.5 Å². The van der Waals surface area contributed by atoms with Crippen molar-refractivity contribution in [2.45, 2.75) is 36.7 Å². The van der Waals surface area contributed by atoms with Crippen LogP contribution in [-0.2, 0) is 21.4 Å². The molecular formula is C19H24ClN3O3S. The molecule has 1 heterocycles. The van der Waals surface area contributed by atoms with Crippen LogP contribution in [0.5, 0.6) is 0 Å². The SMILES string of the molecule is Cl.O=C(NCc1ccccc1NS(=O)(=O)c1ccccc1)C1CCCCN1. The fourth-order valence-electron chi connectivity index (χ4n) is 2.96. The van der Waals surface area contributed by atoms with Crippen molar-refractivity contribution in [3.8, 4) is 0 Å². The Hall–Kier alpha value is -2.09. The summed E-state index contributed by atoms with van der Waals surface area (Å²) < 4.78 is 27.7. The van der Waals surface area contributed by atoms with Gasteiger partial charge in [-0.1, -0.05) is 42.8 Å². The lowest BCUT2D eigenvalue weighted by molar-refractivity contribution is -0.123. The zero-order chi connectivity index (χ0) is 18.4. The molecule has 0 radical (unpaired) electrons. The third kappa shape index (κ3) is 5.69. The number of nitrogens with one attached hydrogen (secondary N) is 3. The van der Waals surface area contributed by atoms with Gasteiger partial charge in [0.2, 0.25) is 5.91 Å². The summed E-state index contributed by atoms with van der Waals surface area (Å²) in [4.78, 5) is 12.5. The molecule has 8 heteroatoms. The summed E-state index contributed by atoms with van der Waals surface area (Å²) in [6, 6.07) is 15.1. The number of sulfonamides is 1. The number of amides is 1. The monoisotopic (exact) mass is 409 g/mol. The quantitative estimate of drug-likeness (QED) is 0.684. The third-order valence-corrected chi connectivity index (χ3v) is 5.78. The Kier molecular flexibility index (Phi) is 7.65. The molecule has 0 aliphatic carbocycles. The summed E-state index contributed by atoms with van der Waals surface area (Å²) >= 11 is 0. The van der Waals surface area contributed by atoms with Gasteiger partial charge in [0.05, 0.1) is 16.6 Å². The number of benzene rings is 2. The second kappa shape index (κ2) is 9.73. The summed E-state index contributed by atoms with van der Waals surface area (Å²) in [5.74, 6) is -0.0505. The van der Waals surface area contributed by atoms with Gasteiger partial charge in [-0.15, -0.1) is 12.4 Å². The topological polar surface area (TPSA) is 87.3 Å². The van der Waals surface area contributed by atoms with E-state index in [1.165, 1.54) is 0 Å². The van der Waals surface area contributed by atoms with E-state index in [0.717, 1.165) is 31.4 Å². The highest BCUT2D eigenvalue weighted by Crippen LogP contribution is 2.20. The average molecular weight is 410 g/mol. The van der Waals surface area contributed by atoms with Gasteiger partial charge < -0.3 is 10.6 Å². The summed E-state index contributed by atoms with van der Waals surface area (Å²) in [6.07, 6.45) is 2.96. The average Bonchev–Trinajstić information content (AvgIpc) is 2.68. The lowest BCUT2D eigenvalue weighted by Crippen LogP contribution is -2.46. The van der Waals surface area contributed by atoms with Crippen LogP contribution in [0, 0.1) is 0 Å². The highest BCUT2D eigenvalue weighted by atomic mass is 35.5. The van der Waals surface area contributed by atoms with Crippen molar-refractivity contribution in [1.82, 2.24) is 10.6 Å². The molecule has 2 aromatic rings. The van der Waals surface area contributed by atoms with Crippen molar-refractivity contribution in [3.63, 3.8) is 0 Å². The van der Waals surface area contributed by atoms with Crippen molar-refractivity contribution in [2.24, 2.45) is 0 Å². The van der Waals surface area contributed by atoms with Crippen LogP contribution in [0.2, 0.25) is 0 Å². The van der Waals surface area contributed by atoms with Gasteiger partial charge in [-0.2, -0.15) is 0 Å².